The monoisotopic (exact) mass is 271 g/mol. The second kappa shape index (κ2) is 5.19. The molecule has 3 rings (SSSR count). The number of hydrogen-bond acceptors (Lipinski definition) is 5. The highest BCUT2D eigenvalue weighted by Crippen LogP contribution is 2.25. The van der Waals surface area contributed by atoms with Crippen LogP contribution in [0.2, 0.25) is 0 Å². The molecule has 0 fully saturated rings. The molecular weight excluding hydrogens is 258 g/mol. The summed E-state index contributed by atoms with van der Waals surface area (Å²) < 4.78 is 1.66. The Balaban J connectivity index is 1.89. The molecule has 2 aromatic heterocycles. The van der Waals surface area contributed by atoms with Crippen LogP contribution in [-0.2, 0) is 0 Å². The lowest BCUT2D eigenvalue weighted by Crippen LogP contribution is -2.09. The molecule has 96 valence electrons. The first-order valence-corrected chi connectivity index (χ1v) is 6.90. The third-order valence-corrected chi connectivity index (χ3v) is 3.62. The number of anilines is 1. The van der Waals surface area contributed by atoms with Gasteiger partial charge in [0.1, 0.15) is 6.33 Å². The van der Waals surface area contributed by atoms with Crippen molar-refractivity contribution in [1.82, 2.24) is 20.2 Å². The maximum atomic E-state index is 3.93. The van der Waals surface area contributed by atoms with E-state index in [1.165, 1.54) is 5.56 Å². The van der Waals surface area contributed by atoms with Gasteiger partial charge in [-0.25, -0.2) is 0 Å². The van der Waals surface area contributed by atoms with Crippen molar-refractivity contribution in [3.8, 4) is 5.69 Å². The van der Waals surface area contributed by atoms with Gasteiger partial charge in [0.2, 0.25) is 0 Å². The zero-order valence-electron chi connectivity index (χ0n) is 10.4. The van der Waals surface area contributed by atoms with Crippen molar-refractivity contribution in [2.75, 3.05) is 5.32 Å². The van der Waals surface area contributed by atoms with E-state index < -0.39 is 0 Å². The van der Waals surface area contributed by atoms with E-state index in [1.54, 1.807) is 22.3 Å². The van der Waals surface area contributed by atoms with E-state index in [9.17, 15) is 0 Å². The molecule has 0 saturated carbocycles. The molecule has 3 aromatic rings. The van der Waals surface area contributed by atoms with Gasteiger partial charge in [-0.1, -0.05) is 12.1 Å². The predicted molar refractivity (Wildman–Crippen MR) is 75.5 cm³/mol. The fourth-order valence-corrected chi connectivity index (χ4v) is 2.66. The quantitative estimate of drug-likeness (QED) is 0.792. The molecule has 1 aromatic carbocycles. The predicted octanol–water partition coefficient (Wildman–Crippen LogP) is 2.90. The zero-order valence-corrected chi connectivity index (χ0v) is 11.2. The summed E-state index contributed by atoms with van der Waals surface area (Å²) in [6, 6.07) is 10.3. The van der Waals surface area contributed by atoms with Gasteiger partial charge in [0.05, 0.1) is 11.4 Å². The van der Waals surface area contributed by atoms with Crippen molar-refractivity contribution < 1.29 is 0 Å². The van der Waals surface area contributed by atoms with Crippen molar-refractivity contribution >= 4 is 17.0 Å². The second-order valence-corrected chi connectivity index (χ2v) is 4.97. The lowest BCUT2D eigenvalue weighted by Gasteiger charge is -2.16. The molecule has 5 nitrogen and oxygen atoms in total. The summed E-state index contributed by atoms with van der Waals surface area (Å²) in [6.45, 7) is 2.14. The number of tetrazole rings is 1. The average molecular weight is 271 g/mol. The number of nitrogens with zero attached hydrogens (tertiary/aromatic N) is 4. The standard InChI is InChI=1S/C13H13N5S/c1-10(11-6-7-19-8-11)15-12-4-2-3-5-13(12)18-9-14-16-17-18/h2-10,15H,1H3. The van der Waals surface area contributed by atoms with E-state index in [1.807, 2.05) is 24.3 Å². The van der Waals surface area contributed by atoms with Crippen LogP contribution < -0.4 is 5.32 Å². The smallest absolute Gasteiger partial charge is 0.143 e. The third-order valence-electron chi connectivity index (χ3n) is 2.92. The molecule has 0 saturated heterocycles. The Labute approximate surface area is 114 Å². The Hall–Kier alpha value is -2.21. The molecule has 19 heavy (non-hydrogen) atoms. The highest BCUT2D eigenvalue weighted by atomic mass is 32.1. The number of nitrogens with one attached hydrogen (secondary N) is 1. The normalized spacial score (nSPS) is 12.3. The Morgan fingerprint density at radius 1 is 1.26 bits per heavy atom. The van der Waals surface area contributed by atoms with Gasteiger partial charge in [-0.2, -0.15) is 16.0 Å². The molecule has 1 unspecified atom stereocenters. The number of thiophene rings is 1. The van der Waals surface area contributed by atoms with Crippen LogP contribution >= 0.6 is 11.3 Å². The van der Waals surface area contributed by atoms with Crippen LogP contribution in [0, 0.1) is 0 Å². The van der Waals surface area contributed by atoms with Crippen LogP contribution in [0.5, 0.6) is 0 Å². The average Bonchev–Trinajstić information content (AvgIpc) is 3.13. The molecular formula is C13H13N5S. The van der Waals surface area contributed by atoms with Gasteiger partial charge >= 0.3 is 0 Å². The molecule has 1 atom stereocenters. The van der Waals surface area contributed by atoms with E-state index in [0.29, 0.717) is 0 Å². The molecule has 0 spiro atoms. The Morgan fingerprint density at radius 3 is 2.89 bits per heavy atom. The third kappa shape index (κ3) is 2.48. The van der Waals surface area contributed by atoms with Crippen LogP contribution in [-0.4, -0.2) is 20.2 Å². The molecule has 0 aliphatic rings. The second-order valence-electron chi connectivity index (χ2n) is 4.19. The molecule has 0 radical (unpaired) electrons. The van der Waals surface area contributed by atoms with Crippen LogP contribution in [0.4, 0.5) is 5.69 Å². The van der Waals surface area contributed by atoms with Gasteiger partial charge in [0, 0.05) is 6.04 Å². The summed E-state index contributed by atoms with van der Waals surface area (Å²) >= 11 is 1.70. The molecule has 0 aliphatic carbocycles. The summed E-state index contributed by atoms with van der Waals surface area (Å²) in [6.07, 6.45) is 1.59. The summed E-state index contributed by atoms with van der Waals surface area (Å²) in [4.78, 5) is 0. The number of rotatable bonds is 4. The molecule has 6 heteroatoms. The van der Waals surface area contributed by atoms with Gasteiger partial charge < -0.3 is 5.32 Å². The van der Waals surface area contributed by atoms with Crippen molar-refractivity contribution in [2.45, 2.75) is 13.0 Å². The molecule has 2 heterocycles. The fourth-order valence-electron chi connectivity index (χ4n) is 1.91. The molecule has 0 amide bonds. The Kier molecular flexibility index (Phi) is 3.24. The highest BCUT2D eigenvalue weighted by Gasteiger charge is 2.10. The van der Waals surface area contributed by atoms with E-state index in [0.717, 1.165) is 11.4 Å². The van der Waals surface area contributed by atoms with Gasteiger partial charge in [0.15, 0.2) is 0 Å². The van der Waals surface area contributed by atoms with Gasteiger partial charge in [-0.05, 0) is 51.9 Å². The largest absolute Gasteiger partial charge is 0.377 e. The molecule has 0 aliphatic heterocycles. The van der Waals surface area contributed by atoms with Crippen molar-refractivity contribution in [2.24, 2.45) is 0 Å². The van der Waals surface area contributed by atoms with Crippen LogP contribution in [0.3, 0.4) is 0 Å². The minimum absolute atomic E-state index is 0.240. The number of aromatic nitrogens is 4. The first kappa shape index (κ1) is 11.9. The Morgan fingerprint density at radius 2 is 2.16 bits per heavy atom. The summed E-state index contributed by atoms with van der Waals surface area (Å²) in [5, 5.41) is 19.0. The van der Waals surface area contributed by atoms with Crippen molar-refractivity contribution in [3.05, 3.63) is 53.0 Å². The van der Waals surface area contributed by atoms with Crippen molar-refractivity contribution in [1.29, 1.82) is 0 Å². The summed E-state index contributed by atoms with van der Waals surface area (Å²) in [7, 11) is 0. The lowest BCUT2D eigenvalue weighted by molar-refractivity contribution is 0.785. The SMILES string of the molecule is CC(Nc1ccccc1-n1cnnn1)c1ccsc1. The van der Waals surface area contributed by atoms with E-state index >= 15 is 0 Å². The lowest BCUT2D eigenvalue weighted by atomic mass is 10.1. The van der Waals surface area contributed by atoms with Crippen LogP contribution in [0.25, 0.3) is 5.69 Å². The zero-order chi connectivity index (χ0) is 13.1. The summed E-state index contributed by atoms with van der Waals surface area (Å²) in [5.74, 6) is 0. The van der Waals surface area contributed by atoms with E-state index in [4.69, 9.17) is 0 Å². The topological polar surface area (TPSA) is 55.6 Å². The fraction of sp³-hybridized carbons (Fsp3) is 0.154. The minimum Gasteiger partial charge on any atom is -0.377 e. The van der Waals surface area contributed by atoms with Crippen LogP contribution in [0.1, 0.15) is 18.5 Å². The first-order valence-electron chi connectivity index (χ1n) is 5.95. The number of hydrogen-bond donors (Lipinski definition) is 1. The maximum absolute atomic E-state index is 3.93. The van der Waals surface area contributed by atoms with Crippen LogP contribution in [0.15, 0.2) is 47.4 Å². The van der Waals surface area contributed by atoms with Crippen molar-refractivity contribution in [3.63, 3.8) is 0 Å². The minimum atomic E-state index is 0.240. The Bertz CT molecular complexity index is 633. The molecule has 1 N–H and O–H groups in total. The highest BCUT2D eigenvalue weighted by molar-refractivity contribution is 7.07. The van der Waals surface area contributed by atoms with Gasteiger partial charge in [-0.3, -0.25) is 0 Å². The van der Waals surface area contributed by atoms with E-state index in [2.05, 4.69) is 44.6 Å². The molecule has 0 bridgehead atoms. The maximum Gasteiger partial charge on any atom is 0.143 e. The number of benzene rings is 1. The van der Waals surface area contributed by atoms with Gasteiger partial charge in [0.25, 0.3) is 0 Å². The van der Waals surface area contributed by atoms with Gasteiger partial charge in [-0.15, -0.1) is 5.10 Å². The summed E-state index contributed by atoms with van der Waals surface area (Å²) in [5.41, 5.74) is 3.22. The first-order chi connectivity index (χ1) is 9.34. The van der Waals surface area contributed by atoms with E-state index in [-0.39, 0.29) is 6.04 Å². The number of para-hydroxylation sites is 2.